The maximum absolute atomic E-state index is 6.29. The zero-order valence-corrected chi connectivity index (χ0v) is 18.9. The van der Waals surface area contributed by atoms with Crippen LogP contribution in [-0.2, 0) is 12.3 Å². The fourth-order valence-corrected chi connectivity index (χ4v) is 19.5. The van der Waals surface area contributed by atoms with Crippen LogP contribution in [0.4, 0.5) is 0 Å². The van der Waals surface area contributed by atoms with Gasteiger partial charge in [-0.2, -0.15) is 0 Å². The first kappa shape index (κ1) is 19.8. The third-order valence-electron chi connectivity index (χ3n) is 4.53. The van der Waals surface area contributed by atoms with Gasteiger partial charge in [-0.15, -0.1) is 18.7 Å². The van der Waals surface area contributed by atoms with Crippen LogP contribution >= 0.6 is 0 Å². The van der Waals surface area contributed by atoms with E-state index in [-0.39, 0.29) is 0 Å². The van der Waals surface area contributed by atoms with Crippen molar-refractivity contribution in [3.63, 3.8) is 0 Å². The molecule has 2 atom stereocenters. The van der Waals surface area contributed by atoms with E-state index in [9.17, 15) is 0 Å². The Labute approximate surface area is 140 Å². The van der Waals surface area contributed by atoms with Crippen molar-refractivity contribution in [2.75, 3.05) is 0 Å². The van der Waals surface area contributed by atoms with Gasteiger partial charge >= 0.3 is 25.7 Å². The van der Waals surface area contributed by atoms with Crippen LogP contribution in [0.5, 0.6) is 0 Å². The molecule has 0 aromatic rings. The van der Waals surface area contributed by atoms with Crippen molar-refractivity contribution in [3.8, 4) is 11.1 Å². The monoisotopic (exact) mass is 370 g/mol. The van der Waals surface area contributed by atoms with E-state index in [1.165, 1.54) is 18.1 Å². The van der Waals surface area contributed by atoms with Crippen molar-refractivity contribution in [2.45, 2.75) is 58.5 Å². The molecule has 1 aliphatic heterocycles. The van der Waals surface area contributed by atoms with Gasteiger partial charge in [-0.05, 0) is 37.8 Å². The first-order valence-corrected chi connectivity index (χ1v) is 17.8. The van der Waals surface area contributed by atoms with E-state index < -0.39 is 33.8 Å². The van der Waals surface area contributed by atoms with Crippen LogP contribution in [0, 0.1) is 11.1 Å². The molecule has 0 radical (unpaired) electrons. The molecule has 7 heteroatoms. The van der Waals surface area contributed by atoms with Crippen LogP contribution in [0.1, 0.15) is 20.8 Å². The van der Waals surface area contributed by atoms with Gasteiger partial charge in [0.25, 0.3) is 0 Å². The molecule has 0 N–H and O–H groups in total. The lowest BCUT2D eigenvalue weighted by Gasteiger charge is -2.45. The Kier molecular flexibility index (Phi) is 6.43. The maximum Gasteiger partial charge on any atom is 0.402 e. The molecule has 0 aromatic heterocycles. The summed E-state index contributed by atoms with van der Waals surface area (Å²) in [6.45, 7) is 20.7. The standard InChI is InChI=1S/C15H30O3Si4/c1-9-19(6)16-20(7,10-2)18-21(8,17-19)14-15-22(11-3,12-4)13-5/h9-10H,1-2,11-13H2,3-8H3. The van der Waals surface area contributed by atoms with Crippen LogP contribution < -0.4 is 0 Å². The van der Waals surface area contributed by atoms with E-state index in [0.29, 0.717) is 0 Å². The van der Waals surface area contributed by atoms with Crippen LogP contribution in [-0.4, -0.2) is 33.8 Å². The molecule has 3 nitrogen and oxygen atoms in total. The minimum atomic E-state index is -2.58. The Morgan fingerprint density at radius 3 is 1.59 bits per heavy atom. The summed E-state index contributed by atoms with van der Waals surface area (Å²) in [4.78, 5) is 0. The van der Waals surface area contributed by atoms with E-state index in [0.717, 1.165) is 0 Å². The molecule has 0 spiro atoms. The molecule has 22 heavy (non-hydrogen) atoms. The number of rotatable bonds is 5. The molecule has 124 valence electrons. The third kappa shape index (κ3) is 4.41. The van der Waals surface area contributed by atoms with Gasteiger partial charge in [0, 0.05) is 0 Å². The maximum atomic E-state index is 6.29. The molecule has 0 bridgehead atoms. The molecule has 0 amide bonds. The average Bonchev–Trinajstić information content (AvgIpc) is 2.48. The van der Waals surface area contributed by atoms with E-state index in [1.54, 1.807) is 0 Å². The van der Waals surface area contributed by atoms with Crippen molar-refractivity contribution >= 4 is 33.8 Å². The Morgan fingerprint density at radius 1 is 0.864 bits per heavy atom. The topological polar surface area (TPSA) is 27.7 Å². The van der Waals surface area contributed by atoms with Gasteiger partial charge in [0.1, 0.15) is 8.07 Å². The van der Waals surface area contributed by atoms with Gasteiger partial charge in [0.15, 0.2) is 0 Å². The smallest absolute Gasteiger partial charge is 0.402 e. The summed E-state index contributed by atoms with van der Waals surface area (Å²) in [5.41, 5.74) is 10.8. The predicted octanol–water partition coefficient (Wildman–Crippen LogP) is 4.31. The summed E-state index contributed by atoms with van der Waals surface area (Å²) in [5.74, 6) is 0. The highest BCUT2D eigenvalue weighted by Gasteiger charge is 2.54. The fraction of sp³-hybridized carbons (Fsp3) is 0.600. The van der Waals surface area contributed by atoms with Crippen LogP contribution in [0.15, 0.2) is 24.6 Å². The Balaban J connectivity index is 3.21. The van der Waals surface area contributed by atoms with Crippen LogP contribution in [0.25, 0.3) is 0 Å². The second-order valence-electron chi connectivity index (χ2n) is 6.28. The zero-order valence-electron chi connectivity index (χ0n) is 14.9. The highest BCUT2D eigenvalue weighted by atomic mass is 28.5. The lowest BCUT2D eigenvalue weighted by Crippen LogP contribution is -2.66. The van der Waals surface area contributed by atoms with Gasteiger partial charge in [-0.25, -0.2) is 0 Å². The lowest BCUT2D eigenvalue weighted by atomic mass is 10.9. The van der Waals surface area contributed by atoms with Gasteiger partial charge in [0.05, 0.1) is 0 Å². The first-order valence-electron chi connectivity index (χ1n) is 8.05. The van der Waals surface area contributed by atoms with Crippen molar-refractivity contribution in [3.05, 3.63) is 24.6 Å². The van der Waals surface area contributed by atoms with Crippen molar-refractivity contribution in [2.24, 2.45) is 0 Å². The summed E-state index contributed by atoms with van der Waals surface area (Å²) >= 11 is 0. The minimum Gasteiger partial charge on any atom is -0.410 e. The highest BCUT2D eigenvalue weighted by Crippen LogP contribution is 2.31. The molecule has 0 aliphatic carbocycles. The molecule has 1 aliphatic rings. The Bertz CT molecular complexity index is 464. The molecule has 1 saturated heterocycles. The lowest BCUT2D eigenvalue weighted by molar-refractivity contribution is 0.252. The molecule has 1 rings (SSSR count). The largest absolute Gasteiger partial charge is 0.410 e. The van der Waals surface area contributed by atoms with Crippen molar-refractivity contribution < 1.29 is 12.3 Å². The van der Waals surface area contributed by atoms with Crippen LogP contribution in [0.3, 0.4) is 0 Å². The number of hydrogen-bond acceptors (Lipinski definition) is 3. The quantitative estimate of drug-likeness (QED) is 0.533. The number of hydrogen-bond donors (Lipinski definition) is 0. The Hall–Kier alpha value is -0.212. The predicted molar refractivity (Wildman–Crippen MR) is 103 cm³/mol. The molecule has 1 fully saturated rings. The van der Waals surface area contributed by atoms with E-state index in [2.05, 4.69) is 45.0 Å². The molecule has 0 saturated carbocycles. The van der Waals surface area contributed by atoms with E-state index >= 15 is 0 Å². The van der Waals surface area contributed by atoms with Crippen molar-refractivity contribution in [1.82, 2.24) is 0 Å². The summed E-state index contributed by atoms with van der Waals surface area (Å²) in [7, 11) is -8.94. The molecule has 2 unspecified atom stereocenters. The van der Waals surface area contributed by atoms with Gasteiger partial charge in [-0.1, -0.05) is 37.7 Å². The second-order valence-corrected chi connectivity index (χ2v) is 20.7. The average molecular weight is 371 g/mol. The first-order chi connectivity index (χ1) is 10.1. The zero-order chi connectivity index (χ0) is 17.1. The third-order valence-corrected chi connectivity index (χ3v) is 21.2. The summed E-state index contributed by atoms with van der Waals surface area (Å²) in [6, 6.07) is 3.54. The van der Waals surface area contributed by atoms with Crippen LogP contribution in [0.2, 0.25) is 37.8 Å². The summed E-state index contributed by atoms with van der Waals surface area (Å²) in [5, 5.41) is 0. The summed E-state index contributed by atoms with van der Waals surface area (Å²) in [6.07, 6.45) is 0. The Morgan fingerprint density at radius 2 is 1.27 bits per heavy atom. The molecule has 0 aromatic carbocycles. The molecular formula is C15H30O3Si4. The minimum absolute atomic E-state index is 1.18. The molecule has 1 heterocycles. The summed E-state index contributed by atoms with van der Waals surface area (Å²) < 4.78 is 18.7. The second kappa shape index (κ2) is 7.13. The van der Waals surface area contributed by atoms with Gasteiger partial charge in [0.2, 0.25) is 0 Å². The van der Waals surface area contributed by atoms with E-state index in [4.69, 9.17) is 12.3 Å². The molecular weight excluding hydrogens is 341 g/mol. The normalized spacial score (nSPS) is 35.4. The van der Waals surface area contributed by atoms with Gasteiger partial charge in [-0.3, -0.25) is 0 Å². The van der Waals surface area contributed by atoms with Gasteiger partial charge < -0.3 is 12.3 Å². The van der Waals surface area contributed by atoms with E-state index in [1.807, 2.05) is 31.0 Å². The SMILES string of the molecule is C=C[Si]1(C)O[Si](C)(C#C[Si](CC)(CC)CC)O[Si](C)(C=C)O1. The highest BCUT2D eigenvalue weighted by molar-refractivity contribution is 6.99. The van der Waals surface area contributed by atoms with Crippen molar-refractivity contribution in [1.29, 1.82) is 0 Å². The fourth-order valence-electron chi connectivity index (χ4n) is 2.72.